The van der Waals surface area contributed by atoms with Crippen LogP contribution in [0.5, 0.6) is 0 Å². The Morgan fingerprint density at radius 2 is 1.97 bits per heavy atom. The molecule has 0 aliphatic carbocycles. The molecule has 2 heterocycles. The molecule has 2 aromatic carbocycles. The largest absolute Gasteiger partial charge is 0.383 e. The number of fused-ring (bicyclic) bond motifs is 1. The monoisotopic (exact) mass is 435 g/mol. The Morgan fingerprint density at radius 3 is 2.72 bits per heavy atom. The Balaban J connectivity index is 1.54. The van der Waals surface area contributed by atoms with Gasteiger partial charge in [-0.15, -0.1) is 0 Å². The average Bonchev–Trinajstić information content (AvgIpc) is 3.33. The molecule has 0 saturated carbocycles. The van der Waals surface area contributed by atoms with Gasteiger partial charge in [0, 0.05) is 30.5 Å². The molecular weight excluding hydrogens is 409 g/mol. The van der Waals surface area contributed by atoms with E-state index in [-0.39, 0.29) is 24.2 Å². The molecule has 32 heavy (non-hydrogen) atoms. The first-order valence-corrected chi connectivity index (χ1v) is 10.5. The van der Waals surface area contributed by atoms with Crippen molar-refractivity contribution in [1.82, 2.24) is 25.1 Å². The first-order chi connectivity index (χ1) is 15.5. The maximum atomic E-state index is 13.3. The molecule has 2 N–H and O–H groups in total. The van der Waals surface area contributed by atoms with E-state index in [1.807, 2.05) is 38.1 Å². The first kappa shape index (κ1) is 21.7. The molecular formula is C24H26FN5O2. The number of carbonyl (C=O) groups is 1. The van der Waals surface area contributed by atoms with Crippen LogP contribution in [0.25, 0.3) is 22.3 Å². The number of rotatable bonds is 8. The fraction of sp³-hybridized carbons (Fsp3) is 0.292. The zero-order valence-electron chi connectivity index (χ0n) is 18.4. The molecule has 0 fully saturated rings. The van der Waals surface area contributed by atoms with Gasteiger partial charge in [0.05, 0.1) is 35.8 Å². The van der Waals surface area contributed by atoms with Crippen LogP contribution in [0.1, 0.15) is 30.0 Å². The van der Waals surface area contributed by atoms with E-state index in [0.29, 0.717) is 18.8 Å². The van der Waals surface area contributed by atoms with E-state index in [1.54, 1.807) is 19.2 Å². The van der Waals surface area contributed by atoms with Crippen molar-refractivity contribution in [3.8, 4) is 11.3 Å². The molecule has 0 aliphatic rings. The number of aromatic nitrogens is 4. The van der Waals surface area contributed by atoms with Gasteiger partial charge in [0.2, 0.25) is 5.91 Å². The number of carbonyl (C=O) groups excluding carboxylic acids is 1. The maximum absolute atomic E-state index is 13.3. The Hall–Kier alpha value is -3.52. The summed E-state index contributed by atoms with van der Waals surface area (Å²) in [5.74, 6) is 0.320. The second-order valence-electron chi connectivity index (χ2n) is 7.75. The van der Waals surface area contributed by atoms with Gasteiger partial charge in [-0.05, 0) is 50.2 Å². The van der Waals surface area contributed by atoms with Crippen molar-refractivity contribution in [1.29, 1.82) is 0 Å². The number of methoxy groups -OCH3 is 1. The number of nitrogens with one attached hydrogen (secondary N) is 2. The van der Waals surface area contributed by atoms with Gasteiger partial charge in [0.1, 0.15) is 11.6 Å². The summed E-state index contributed by atoms with van der Waals surface area (Å²) in [5, 5.41) is 10.3. The fourth-order valence-corrected chi connectivity index (χ4v) is 3.88. The average molecular weight is 436 g/mol. The summed E-state index contributed by atoms with van der Waals surface area (Å²) >= 11 is 0. The molecule has 0 unspecified atom stereocenters. The molecule has 2 aromatic heterocycles. The maximum Gasteiger partial charge on any atom is 0.225 e. The summed E-state index contributed by atoms with van der Waals surface area (Å²) in [6.45, 7) is 4.98. The summed E-state index contributed by atoms with van der Waals surface area (Å²) in [7, 11) is 1.66. The molecule has 8 heteroatoms. The zero-order valence-corrected chi connectivity index (χ0v) is 18.4. The van der Waals surface area contributed by atoms with Gasteiger partial charge < -0.3 is 14.6 Å². The van der Waals surface area contributed by atoms with Gasteiger partial charge in [-0.3, -0.25) is 9.89 Å². The summed E-state index contributed by atoms with van der Waals surface area (Å²) < 4.78 is 20.6. The summed E-state index contributed by atoms with van der Waals surface area (Å²) in [6, 6.07) is 13.7. The molecule has 0 spiro atoms. The molecule has 1 amide bonds. The number of para-hydroxylation sites is 2. The van der Waals surface area contributed by atoms with Gasteiger partial charge in [-0.2, -0.15) is 5.10 Å². The lowest BCUT2D eigenvalue weighted by Crippen LogP contribution is -2.30. The summed E-state index contributed by atoms with van der Waals surface area (Å²) in [4.78, 5) is 17.7. The predicted molar refractivity (Wildman–Crippen MR) is 121 cm³/mol. The third-order valence-corrected chi connectivity index (χ3v) is 5.50. The highest BCUT2D eigenvalue weighted by Gasteiger charge is 2.21. The van der Waals surface area contributed by atoms with Crippen molar-refractivity contribution in [2.45, 2.75) is 32.9 Å². The van der Waals surface area contributed by atoms with Gasteiger partial charge in [-0.25, -0.2) is 9.37 Å². The number of halogens is 1. The van der Waals surface area contributed by atoms with E-state index in [1.165, 1.54) is 12.1 Å². The van der Waals surface area contributed by atoms with Crippen LogP contribution in [0.3, 0.4) is 0 Å². The Morgan fingerprint density at radius 1 is 1.22 bits per heavy atom. The van der Waals surface area contributed by atoms with Gasteiger partial charge >= 0.3 is 0 Å². The smallest absolute Gasteiger partial charge is 0.225 e. The SMILES string of the molecule is COCCn1c([C@H](C)NC(=O)Cc2c(-c3ccc(F)cc3)n[nH]c2C)nc2ccccc21. The molecule has 4 aromatic rings. The minimum Gasteiger partial charge on any atom is -0.383 e. The van der Waals surface area contributed by atoms with Gasteiger partial charge in [0.15, 0.2) is 0 Å². The molecule has 0 bridgehead atoms. The van der Waals surface area contributed by atoms with E-state index in [0.717, 1.165) is 33.7 Å². The van der Waals surface area contributed by atoms with Crippen LogP contribution in [0.4, 0.5) is 4.39 Å². The first-order valence-electron chi connectivity index (χ1n) is 10.5. The highest BCUT2D eigenvalue weighted by molar-refractivity contribution is 5.82. The predicted octanol–water partition coefficient (Wildman–Crippen LogP) is 3.94. The Bertz CT molecular complexity index is 1230. The van der Waals surface area contributed by atoms with E-state index in [2.05, 4.69) is 20.1 Å². The number of ether oxygens (including phenoxy) is 1. The number of imidazole rings is 1. The van der Waals surface area contributed by atoms with Crippen LogP contribution in [-0.2, 0) is 22.5 Å². The highest BCUT2D eigenvalue weighted by Crippen LogP contribution is 2.25. The van der Waals surface area contributed by atoms with Crippen molar-refractivity contribution in [2.24, 2.45) is 0 Å². The topological polar surface area (TPSA) is 84.8 Å². The second-order valence-corrected chi connectivity index (χ2v) is 7.75. The fourth-order valence-electron chi connectivity index (χ4n) is 3.88. The minimum absolute atomic E-state index is 0.143. The van der Waals surface area contributed by atoms with Crippen molar-refractivity contribution < 1.29 is 13.9 Å². The van der Waals surface area contributed by atoms with Crippen LogP contribution >= 0.6 is 0 Å². The van der Waals surface area contributed by atoms with Crippen molar-refractivity contribution in [3.63, 3.8) is 0 Å². The number of aryl methyl sites for hydroxylation is 1. The molecule has 0 radical (unpaired) electrons. The quantitative estimate of drug-likeness (QED) is 0.439. The lowest BCUT2D eigenvalue weighted by atomic mass is 10.0. The molecule has 0 aliphatic heterocycles. The lowest BCUT2D eigenvalue weighted by molar-refractivity contribution is -0.121. The van der Waals surface area contributed by atoms with Crippen molar-refractivity contribution in [2.75, 3.05) is 13.7 Å². The Kier molecular flexibility index (Phi) is 6.32. The Labute approximate surface area is 185 Å². The zero-order chi connectivity index (χ0) is 22.7. The van der Waals surface area contributed by atoms with Crippen LogP contribution in [-0.4, -0.2) is 39.4 Å². The molecule has 1 atom stereocenters. The minimum atomic E-state index is -0.314. The van der Waals surface area contributed by atoms with Gasteiger partial charge in [-0.1, -0.05) is 12.1 Å². The lowest BCUT2D eigenvalue weighted by Gasteiger charge is -2.16. The van der Waals surface area contributed by atoms with Gasteiger partial charge in [0.25, 0.3) is 0 Å². The standard InChI is InChI=1S/C24H26FN5O2/c1-15-19(23(29-28-15)17-8-10-18(25)11-9-17)14-22(31)26-16(2)24-27-20-6-4-5-7-21(20)30(24)12-13-32-3/h4-11,16H,12-14H2,1-3H3,(H,26,31)(H,28,29)/t16-/m0/s1. The number of hydrogen-bond donors (Lipinski definition) is 2. The third-order valence-electron chi connectivity index (χ3n) is 5.50. The number of nitrogens with zero attached hydrogens (tertiary/aromatic N) is 3. The molecule has 166 valence electrons. The van der Waals surface area contributed by atoms with Crippen LogP contribution in [0.2, 0.25) is 0 Å². The van der Waals surface area contributed by atoms with Crippen LogP contribution < -0.4 is 5.32 Å². The molecule has 4 rings (SSSR count). The number of amides is 1. The second kappa shape index (κ2) is 9.32. The van der Waals surface area contributed by atoms with E-state index in [4.69, 9.17) is 9.72 Å². The number of aromatic amines is 1. The van der Waals surface area contributed by atoms with E-state index >= 15 is 0 Å². The van der Waals surface area contributed by atoms with E-state index in [9.17, 15) is 9.18 Å². The van der Waals surface area contributed by atoms with Crippen molar-refractivity contribution in [3.05, 3.63) is 71.4 Å². The third kappa shape index (κ3) is 4.40. The van der Waals surface area contributed by atoms with E-state index < -0.39 is 0 Å². The number of H-pyrrole nitrogens is 1. The number of benzene rings is 2. The molecule has 7 nitrogen and oxygen atoms in total. The molecule has 0 saturated heterocycles. The highest BCUT2D eigenvalue weighted by atomic mass is 19.1. The normalized spacial score (nSPS) is 12.2. The summed E-state index contributed by atoms with van der Waals surface area (Å²) in [6.07, 6.45) is 0.150. The van der Waals surface area contributed by atoms with Crippen LogP contribution in [0.15, 0.2) is 48.5 Å². The summed E-state index contributed by atoms with van der Waals surface area (Å²) in [5.41, 5.74) is 4.88. The number of hydrogen-bond acceptors (Lipinski definition) is 4. The van der Waals surface area contributed by atoms with Crippen LogP contribution in [0, 0.1) is 12.7 Å². The van der Waals surface area contributed by atoms with Crippen molar-refractivity contribution >= 4 is 16.9 Å².